The molecule has 0 spiro atoms. The molecule has 0 amide bonds. The van der Waals surface area contributed by atoms with Crippen LogP contribution in [0.3, 0.4) is 0 Å². The second kappa shape index (κ2) is 5.45. The lowest BCUT2D eigenvalue weighted by Gasteiger charge is -2.02. The minimum absolute atomic E-state index is 0.934. The van der Waals surface area contributed by atoms with Gasteiger partial charge in [0.1, 0.15) is 5.75 Å². The van der Waals surface area contributed by atoms with Gasteiger partial charge in [-0.2, -0.15) is 0 Å². The van der Waals surface area contributed by atoms with E-state index in [1.165, 1.54) is 21.2 Å². The van der Waals surface area contributed by atoms with Crippen LogP contribution in [-0.4, -0.2) is 7.11 Å². The number of benzene rings is 2. The molecule has 0 radical (unpaired) electrons. The van der Waals surface area contributed by atoms with Crippen LogP contribution in [0.25, 0.3) is 10.1 Å². The minimum atomic E-state index is 0.934. The molecule has 0 saturated heterocycles. The fourth-order valence-electron chi connectivity index (χ4n) is 2.31. The summed E-state index contributed by atoms with van der Waals surface area (Å²) in [6.07, 6.45) is 2.19. The van der Waals surface area contributed by atoms with Crippen LogP contribution in [0.4, 0.5) is 0 Å². The van der Waals surface area contributed by atoms with Gasteiger partial charge in [0.15, 0.2) is 0 Å². The summed E-state index contributed by atoms with van der Waals surface area (Å²) in [5.41, 5.74) is 2.84. The van der Waals surface area contributed by atoms with Crippen LogP contribution in [0.2, 0.25) is 0 Å². The van der Waals surface area contributed by atoms with Gasteiger partial charge < -0.3 is 4.74 Å². The fourth-order valence-corrected chi connectivity index (χ4v) is 3.33. The average molecular weight is 268 g/mol. The number of rotatable bonds is 4. The molecule has 0 bridgehead atoms. The first-order chi connectivity index (χ1) is 9.36. The van der Waals surface area contributed by atoms with Crippen molar-refractivity contribution in [2.45, 2.75) is 12.8 Å². The third-order valence-electron chi connectivity index (χ3n) is 3.39. The molecule has 0 aliphatic carbocycles. The Morgan fingerprint density at radius 2 is 1.84 bits per heavy atom. The van der Waals surface area contributed by atoms with Crippen LogP contribution >= 0.6 is 11.3 Å². The van der Waals surface area contributed by atoms with E-state index in [0.29, 0.717) is 0 Å². The molecule has 19 heavy (non-hydrogen) atoms. The topological polar surface area (TPSA) is 9.23 Å². The molecular formula is C17H16OS. The number of aryl methyl sites for hydroxylation is 2. The summed E-state index contributed by atoms with van der Waals surface area (Å²) in [5.74, 6) is 0.934. The molecule has 2 aromatic carbocycles. The van der Waals surface area contributed by atoms with Gasteiger partial charge in [-0.15, -0.1) is 11.3 Å². The van der Waals surface area contributed by atoms with Crippen LogP contribution in [0.15, 0.2) is 53.9 Å². The maximum absolute atomic E-state index is 5.27. The van der Waals surface area contributed by atoms with Crippen molar-refractivity contribution < 1.29 is 4.74 Å². The summed E-state index contributed by atoms with van der Waals surface area (Å²) in [4.78, 5) is 0. The van der Waals surface area contributed by atoms with E-state index in [1.807, 2.05) is 6.07 Å². The lowest BCUT2D eigenvalue weighted by atomic mass is 10.0. The van der Waals surface area contributed by atoms with Crippen molar-refractivity contribution in [3.05, 3.63) is 65.0 Å². The van der Waals surface area contributed by atoms with Crippen molar-refractivity contribution in [2.75, 3.05) is 7.11 Å². The van der Waals surface area contributed by atoms with E-state index in [4.69, 9.17) is 4.74 Å². The fraction of sp³-hybridized carbons (Fsp3) is 0.176. The van der Waals surface area contributed by atoms with Crippen LogP contribution in [0, 0.1) is 0 Å². The van der Waals surface area contributed by atoms with Gasteiger partial charge in [-0.05, 0) is 52.9 Å². The van der Waals surface area contributed by atoms with E-state index in [1.54, 1.807) is 18.4 Å². The molecule has 0 atom stereocenters. The summed E-state index contributed by atoms with van der Waals surface area (Å²) in [5, 5.41) is 3.63. The number of thiophene rings is 1. The van der Waals surface area contributed by atoms with Gasteiger partial charge in [0.2, 0.25) is 0 Å². The monoisotopic (exact) mass is 268 g/mol. The smallest absolute Gasteiger partial charge is 0.120 e. The summed E-state index contributed by atoms with van der Waals surface area (Å²) in [6.45, 7) is 0. The predicted molar refractivity (Wildman–Crippen MR) is 82.2 cm³/mol. The number of hydrogen-bond acceptors (Lipinski definition) is 2. The second-order valence-electron chi connectivity index (χ2n) is 4.61. The normalized spacial score (nSPS) is 10.8. The van der Waals surface area contributed by atoms with Crippen LogP contribution < -0.4 is 4.74 Å². The van der Waals surface area contributed by atoms with E-state index >= 15 is 0 Å². The van der Waals surface area contributed by atoms with E-state index in [2.05, 4.69) is 47.8 Å². The zero-order valence-corrected chi connectivity index (χ0v) is 11.7. The van der Waals surface area contributed by atoms with Crippen molar-refractivity contribution in [1.82, 2.24) is 0 Å². The summed E-state index contributed by atoms with van der Waals surface area (Å²) in [6, 6.07) is 17.0. The molecule has 0 saturated carbocycles. The lowest BCUT2D eigenvalue weighted by molar-refractivity contribution is 0.415. The second-order valence-corrected chi connectivity index (χ2v) is 5.52. The Morgan fingerprint density at radius 3 is 2.63 bits per heavy atom. The molecule has 1 aromatic heterocycles. The third kappa shape index (κ3) is 2.64. The Morgan fingerprint density at radius 1 is 1.00 bits per heavy atom. The highest BCUT2D eigenvalue weighted by atomic mass is 32.1. The van der Waals surface area contributed by atoms with Gasteiger partial charge in [-0.1, -0.05) is 30.3 Å². The Bertz CT molecular complexity index is 670. The molecule has 0 unspecified atom stereocenters. The third-order valence-corrected chi connectivity index (χ3v) is 4.38. The first kappa shape index (κ1) is 12.2. The molecule has 96 valence electrons. The van der Waals surface area contributed by atoms with Crippen LogP contribution in [-0.2, 0) is 12.8 Å². The SMILES string of the molecule is COc1ccc2c(CCc3ccccc3)csc2c1. The first-order valence-corrected chi connectivity index (χ1v) is 7.33. The molecule has 1 nitrogen and oxygen atoms in total. The average Bonchev–Trinajstić information content (AvgIpc) is 2.88. The highest BCUT2D eigenvalue weighted by Gasteiger charge is 2.05. The number of fused-ring (bicyclic) bond motifs is 1. The van der Waals surface area contributed by atoms with Crippen LogP contribution in [0.1, 0.15) is 11.1 Å². The first-order valence-electron chi connectivity index (χ1n) is 6.45. The number of methoxy groups -OCH3 is 1. The Balaban J connectivity index is 1.82. The summed E-state index contributed by atoms with van der Waals surface area (Å²) in [7, 11) is 1.71. The number of ether oxygens (including phenoxy) is 1. The van der Waals surface area contributed by atoms with Crippen molar-refractivity contribution in [3.8, 4) is 5.75 Å². The van der Waals surface area contributed by atoms with Crippen molar-refractivity contribution >= 4 is 21.4 Å². The summed E-state index contributed by atoms with van der Waals surface area (Å²) >= 11 is 1.80. The standard InChI is InChI=1S/C17H16OS/c1-18-15-9-10-16-14(12-19-17(16)11-15)8-7-13-5-3-2-4-6-13/h2-6,9-12H,7-8H2,1H3. The van der Waals surface area contributed by atoms with E-state index in [0.717, 1.165) is 18.6 Å². The molecule has 0 aliphatic heterocycles. The zero-order chi connectivity index (χ0) is 13.1. The Hall–Kier alpha value is -1.80. The number of hydrogen-bond donors (Lipinski definition) is 0. The van der Waals surface area contributed by atoms with Crippen molar-refractivity contribution in [3.63, 3.8) is 0 Å². The van der Waals surface area contributed by atoms with E-state index in [-0.39, 0.29) is 0 Å². The Labute approximate surface area is 117 Å². The molecule has 0 aliphatic rings. The molecule has 0 fully saturated rings. The maximum atomic E-state index is 5.27. The largest absolute Gasteiger partial charge is 0.497 e. The quantitative estimate of drug-likeness (QED) is 0.666. The highest BCUT2D eigenvalue weighted by molar-refractivity contribution is 7.17. The lowest BCUT2D eigenvalue weighted by Crippen LogP contribution is -1.89. The minimum Gasteiger partial charge on any atom is -0.497 e. The van der Waals surface area contributed by atoms with Gasteiger partial charge in [0, 0.05) is 4.70 Å². The highest BCUT2D eigenvalue weighted by Crippen LogP contribution is 2.30. The molecule has 3 rings (SSSR count). The van der Waals surface area contributed by atoms with Gasteiger partial charge in [0.25, 0.3) is 0 Å². The van der Waals surface area contributed by atoms with Crippen molar-refractivity contribution in [1.29, 1.82) is 0 Å². The Kier molecular flexibility index (Phi) is 3.51. The van der Waals surface area contributed by atoms with E-state index < -0.39 is 0 Å². The van der Waals surface area contributed by atoms with Gasteiger partial charge in [0.05, 0.1) is 7.11 Å². The maximum Gasteiger partial charge on any atom is 0.120 e. The van der Waals surface area contributed by atoms with Crippen molar-refractivity contribution in [2.24, 2.45) is 0 Å². The van der Waals surface area contributed by atoms with E-state index in [9.17, 15) is 0 Å². The molecule has 0 N–H and O–H groups in total. The summed E-state index contributed by atoms with van der Waals surface area (Å²) < 4.78 is 6.58. The molecule has 2 heteroatoms. The zero-order valence-electron chi connectivity index (χ0n) is 10.9. The van der Waals surface area contributed by atoms with Gasteiger partial charge in [-0.3, -0.25) is 0 Å². The van der Waals surface area contributed by atoms with Gasteiger partial charge in [-0.25, -0.2) is 0 Å². The predicted octanol–water partition coefficient (Wildman–Crippen LogP) is 4.70. The molecular weight excluding hydrogens is 252 g/mol. The molecule has 3 aromatic rings. The van der Waals surface area contributed by atoms with Crippen LogP contribution in [0.5, 0.6) is 5.75 Å². The van der Waals surface area contributed by atoms with Gasteiger partial charge >= 0.3 is 0 Å². The molecule has 1 heterocycles.